The predicted molar refractivity (Wildman–Crippen MR) is 57.0 cm³/mol. The van der Waals surface area contributed by atoms with Crippen LogP contribution in [-0.4, -0.2) is 22.0 Å². The molecule has 4 nitrogen and oxygen atoms in total. The molecule has 0 amide bonds. The zero-order chi connectivity index (χ0) is 10.6. The van der Waals surface area contributed by atoms with E-state index in [1.54, 1.807) is 0 Å². The normalized spacial score (nSPS) is 13.5. The van der Waals surface area contributed by atoms with Gasteiger partial charge in [0.05, 0.1) is 17.9 Å². The summed E-state index contributed by atoms with van der Waals surface area (Å²) in [6.45, 7) is 7.49. The lowest BCUT2D eigenvalue weighted by Crippen LogP contribution is -2.25. The Kier molecular flexibility index (Phi) is 4.07. The van der Waals surface area contributed by atoms with Gasteiger partial charge in [0.25, 0.3) is 0 Å². The highest BCUT2D eigenvalue weighted by Gasteiger charge is 2.18. The van der Waals surface area contributed by atoms with E-state index in [0.29, 0.717) is 12.0 Å². The zero-order valence-electron chi connectivity index (χ0n) is 9.49. The van der Waals surface area contributed by atoms with E-state index in [2.05, 4.69) is 36.4 Å². The van der Waals surface area contributed by atoms with E-state index in [1.807, 2.05) is 17.9 Å². The van der Waals surface area contributed by atoms with Gasteiger partial charge in [-0.1, -0.05) is 26.0 Å². The van der Waals surface area contributed by atoms with Crippen LogP contribution in [0.3, 0.4) is 0 Å². The summed E-state index contributed by atoms with van der Waals surface area (Å²) >= 11 is 0. The number of aromatic nitrogens is 3. The van der Waals surface area contributed by atoms with Crippen LogP contribution in [0, 0.1) is 5.92 Å². The molecule has 0 saturated heterocycles. The van der Waals surface area contributed by atoms with E-state index in [-0.39, 0.29) is 0 Å². The second-order valence-corrected chi connectivity index (χ2v) is 3.89. The molecule has 1 atom stereocenters. The maximum absolute atomic E-state index is 4.08. The SMILES string of the molecule is CCCn1nncc1C(NC)C(C)C. The molecule has 0 aliphatic rings. The van der Waals surface area contributed by atoms with Crippen LogP contribution in [0.2, 0.25) is 0 Å². The van der Waals surface area contributed by atoms with Crippen molar-refractivity contribution in [2.45, 2.75) is 39.8 Å². The highest BCUT2D eigenvalue weighted by Crippen LogP contribution is 2.19. The Hall–Kier alpha value is -0.900. The van der Waals surface area contributed by atoms with E-state index < -0.39 is 0 Å². The molecule has 0 spiro atoms. The van der Waals surface area contributed by atoms with Crippen molar-refractivity contribution in [3.63, 3.8) is 0 Å². The van der Waals surface area contributed by atoms with Gasteiger partial charge in [-0.2, -0.15) is 0 Å². The summed E-state index contributed by atoms with van der Waals surface area (Å²) in [5.74, 6) is 0.550. The second-order valence-electron chi connectivity index (χ2n) is 3.89. The molecule has 0 fully saturated rings. The van der Waals surface area contributed by atoms with E-state index in [4.69, 9.17) is 0 Å². The maximum Gasteiger partial charge on any atom is 0.0759 e. The van der Waals surface area contributed by atoms with Crippen LogP contribution >= 0.6 is 0 Å². The number of aryl methyl sites for hydroxylation is 1. The average molecular weight is 196 g/mol. The second kappa shape index (κ2) is 5.10. The van der Waals surface area contributed by atoms with Crippen molar-refractivity contribution in [1.82, 2.24) is 20.3 Å². The molecule has 1 heterocycles. The lowest BCUT2D eigenvalue weighted by atomic mass is 10.0. The topological polar surface area (TPSA) is 42.7 Å². The van der Waals surface area contributed by atoms with Gasteiger partial charge in [0.15, 0.2) is 0 Å². The molecule has 0 aromatic carbocycles. The van der Waals surface area contributed by atoms with Crippen LogP contribution in [0.1, 0.15) is 38.9 Å². The molecule has 0 aliphatic carbocycles. The third-order valence-corrected chi connectivity index (χ3v) is 2.38. The summed E-state index contributed by atoms with van der Waals surface area (Å²) in [7, 11) is 1.98. The molecule has 4 heteroatoms. The van der Waals surface area contributed by atoms with Gasteiger partial charge >= 0.3 is 0 Å². The summed E-state index contributed by atoms with van der Waals surface area (Å²) in [5, 5.41) is 11.4. The summed E-state index contributed by atoms with van der Waals surface area (Å²) in [6, 6.07) is 0.344. The first kappa shape index (κ1) is 11.2. The summed E-state index contributed by atoms with van der Waals surface area (Å²) in [5.41, 5.74) is 1.18. The van der Waals surface area contributed by atoms with Crippen molar-refractivity contribution in [3.05, 3.63) is 11.9 Å². The van der Waals surface area contributed by atoms with Crippen LogP contribution in [-0.2, 0) is 6.54 Å². The van der Waals surface area contributed by atoms with Gasteiger partial charge in [-0.25, -0.2) is 4.68 Å². The molecule has 14 heavy (non-hydrogen) atoms. The molecule has 80 valence electrons. The maximum atomic E-state index is 4.08. The molecule has 1 aromatic rings. The number of hydrogen-bond acceptors (Lipinski definition) is 3. The molecule has 0 radical (unpaired) electrons. The first-order chi connectivity index (χ1) is 6.70. The van der Waals surface area contributed by atoms with E-state index in [0.717, 1.165) is 13.0 Å². The minimum Gasteiger partial charge on any atom is -0.311 e. The molecular formula is C10H20N4. The fourth-order valence-corrected chi connectivity index (χ4v) is 1.71. The van der Waals surface area contributed by atoms with Gasteiger partial charge in [-0.15, -0.1) is 5.10 Å². The van der Waals surface area contributed by atoms with Crippen molar-refractivity contribution >= 4 is 0 Å². The minimum absolute atomic E-state index is 0.344. The number of nitrogens with zero attached hydrogens (tertiary/aromatic N) is 3. The van der Waals surface area contributed by atoms with Crippen LogP contribution in [0.4, 0.5) is 0 Å². The number of nitrogens with one attached hydrogen (secondary N) is 1. The Bertz CT molecular complexity index is 267. The molecular weight excluding hydrogens is 176 g/mol. The first-order valence-electron chi connectivity index (χ1n) is 5.26. The van der Waals surface area contributed by atoms with Gasteiger partial charge in [0.1, 0.15) is 0 Å². The van der Waals surface area contributed by atoms with Crippen LogP contribution in [0.25, 0.3) is 0 Å². The fraction of sp³-hybridized carbons (Fsp3) is 0.800. The zero-order valence-corrected chi connectivity index (χ0v) is 9.49. The lowest BCUT2D eigenvalue weighted by molar-refractivity contribution is 0.403. The van der Waals surface area contributed by atoms with E-state index in [1.165, 1.54) is 5.69 Å². The van der Waals surface area contributed by atoms with Gasteiger partial charge in [0.2, 0.25) is 0 Å². The lowest BCUT2D eigenvalue weighted by Gasteiger charge is -2.20. The third kappa shape index (κ3) is 2.32. The van der Waals surface area contributed by atoms with Gasteiger partial charge in [0, 0.05) is 6.54 Å². The molecule has 1 aromatic heterocycles. The highest BCUT2D eigenvalue weighted by molar-refractivity contribution is 5.03. The quantitative estimate of drug-likeness (QED) is 0.778. The largest absolute Gasteiger partial charge is 0.311 e. The highest BCUT2D eigenvalue weighted by atomic mass is 15.4. The summed E-state index contributed by atoms with van der Waals surface area (Å²) in [4.78, 5) is 0. The minimum atomic E-state index is 0.344. The Morgan fingerprint density at radius 3 is 2.71 bits per heavy atom. The fourth-order valence-electron chi connectivity index (χ4n) is 1.71. The Morgan fingerprint density at radius 2 is 2.21 bits per heavy atom. The Morgan fingerprint density at radius 1 is 1.50 bits per heavy atom. The van der Waals surface area contributed by atoms with Crippen molar-refractivity contribution in [1.29, 1.82) is 0 Å². The molecule has 0 saturated carbocycles. The van der Waals surface area contributed by atoms with E-state index >= 15 is 0 Å². The van der Waals surface area contributed by atoms with Gasteiger partial charge in [-0.3, -0.25) is 0 Å². The standard InChI is InChI=1S/C10H20N4/c1-5-6-14-9(7-12-13-14)10(11-4)8(2)3/h7-8,10-11H,5-6H2,1-4H3. The summed E-state index contributed by atoms with van der Waals surface area (Å²) in [6.07, 6.45) is 2.95. The van der Waals surface area contributed by atoms with E-state index in [9.17, 15) is 0 Å². The van der Waals surface area contributed by atoms with Crippen LogP contribution < -0.4 is 5.32 Å². The number of rotatable bonds is 5. The van der Waals surface area contributed by atoms with Crippen molar-refractivity contribution < 1.29 is 0 Å². The van der Waals surface area contributed by atoms with Gasteiger partial charge in [-0.05, 0) is 19.4 Å². The molecule has 0 aliphatic heterocycles. The Balaban J connectivity index is 2.86. The third-order valence-electron chi connectivity index (χ3n) is 2.38. The monoisotopic (exact) mass is 196 g/mol. The first-order valence-corrected chi connectivity index (χ1v) is 5.26. The van der Waals surface area contributed by atoms with Crippen molar-refractivity contribution in [2.75, 3.05) is 7.05 Å². The van der Waals surface area contributed by atoms with Crippen molar-refractivity contribution in [3.8, 4) is 0 Å². The van der Waals surface area contributed by atoms with Gasteiger partial charge < -0.3 is 5.32 Å². The average Bonchev–Trinajstić information content (AvgIpc) is 2.55. The molecule has 1 N–H and O–H groups in total. The predicted octanol–water partition coefficient (Wildman–Crippen LogP) is 1.60. The smallest absolute Gasteiger partial charge is 0.0759 e. The molecule has 1 unspecified atom stereocenters. The van der Waals surface area contributed by atoms with Crippen LogP contribution in [0.5, 0.6) is 0 Å². The van der Waals surface area contributed by atoms with Crippen LogP contribution in [0.15, 0.2) is 6.20 Å². The van der Waals surface area contributed by atoms with Crippen molar-refractivity contribution in [2.24, 2.45) is 5.92 Å². The number of hydrogen-bond donors (Lipinski definition) is 1. The Labute approximate surface area is 85.7 Å². The molecule has 1 rings (SSSR count). The molecule has 0 bridgehead atoms. The summed E-state index contributed by atoms with van der Waals surface area (Å²) < 4.78 is 1.99.